The second kappa shape index (κ2) is 9.00. The molecule has 3 aliphatic rings. The van der Waals surface area contributed by atoms with E-state index in [1.165, 1.54) is 22.5 Å². The number of β-amino-alcohol motifs (C(OH)–C–C–N with tert-alkyl or cyclic N) is 1. The predicted molar refractivity (Wildman–Crippen MR) is 125 cm³/mol. The van der Waals surface area contributed by atoms with Gasteiger partial charge in [0.2, 0.25) is 0 Å². The molecule has 1 saturated carbocycles. The van der Waals surface area contributed by atoms with Crippen molar-refractivity contribution in [3.8, 4) is 0 Å². The number of Topliss-reactive ketones (excluding diaryl/α,β-unsaturated/α-hetero) is 1. The van der Waals surface area contributed by atoms with Crippen molar-refractivity contribution in [2.75, 3.05) is 26.2 Å². The van der Waals surface area contributed by atoms with E-state index in [0.29, 0.717) is 31.0 Å². The summed E-state index contributed by atoms with van der Waals surface area (Å²) in [6, 6.07) is 8.80. The summed E-state index contributed by atoms with van der Waals surface area (Å²) in [7, 11) is 0. The van der Waals surface area contributed by atoms with E-state index in [-0.39, 0.29) is 11.9 Å². The molecule has 2 aromatic rings. The Morgan fingerprint density at radius 3 is 2.71 bits per heavy atom. The van der Waals surface area contributed by atoms with Crippen LogP contribution in [0.3, 0.4) is 0 Å². The van der Waals surface area contributed by atoms with Gasteiger partial charge in [-0.15, -0.1) is 11.3 Å². The minimum Gasteiger partial charge on any atom is -0.390 e. The molecule has 0 radical (unpaired) electrons. The van der Waals surface area contributed by atoms with E-state index in [4.69, 9.17) is 4.98 Å². The predicted octanol–water partition coefficient (Wildman–Crippen LogP) is 4.18. The molecule has 0 spiro atoms. The average Bonchev–Trinajstić information content (AvgIpc) is 3.36. The molecular weight excluding hydrogens is 406 g/mol. The molecule has 1 aromatic carbocycles. The fraction of sp³-hybridized carbons (Fsp3) is 0.600. The molecule has 31 heavy (non-hydrogen) atoms. The van der Waals surface area contributed by atoms with Gasteiger partial charge >= 0.3 is 0 Å². The maximum atomic E-state index is 12.1. The zero-order valence-electron chi connectivity index (χ0n) is 18.4. The van der Waals surface area contributed by atoms with Crippen molar-refractivity contribution < 1.29 is 9.90 Å². The lowest BCUT2D eigenvalue weighted by Crippen LogP contribution is -2.44. The molecule has 0 amide bonds. The third-order valence-electron chi connectivity index (χ3n) is 7.40. The summed E-state index contributed by atoms with van der Waals surface area (Å²) < 4.78 is 1.28. The zero-order chi connectivity index (χ0) is 21.4. The third-order valence-corrected chi connectivity index (χ3v) is 8.60. The van der Waals surface area contributed by atoms with Crippen LogP contribution in [-0.2, 0) is 4.79 Å². The SMILES string of the molecule is CC(=O)C1=CN(CC(O)CN2CCC(c3nc4ccccc4s3)CC2)C2CCCC[C@@H]12. The number of piperidine rings is 1. The standard InChI is InChI=1S/C25H33N3O2S/c1-17(29)21-16-28(23-8-4-2-6-20(21)23)15-19(30)14-27-12-10-18(11-13-27)25-26-22-7-3-5-9-24(22)31-25/h3,5,7,9,16,18-20,23,30H,2,4,6,8,10-15H2,1H3/t19?,20-,23?/m0/s1. The lowest BCUT2D eigenvalue weighted by Gasteiger charge is -2.36. The quantitative estimate of drug-likeness (QED) is 0.732. The van der Waals surface area contributed by atoms with Gasteiger partial charge in [0.1, 0.15) is 0 Å². The van der Waals surface area contributed by atoms with Crippen LogP contribution in [0.1, 0.15) is 56.4 Å². The minimum atomic E-state index is -0.385. The number of aliphatic hydroxyl groups is 1. The number of carbonyl (C=O) groups excluding carboxylic acids is 1. The van der Waals surface area contributed by atoms with E-state index >= 15 is 0 Å². The highest BCUT2D eigenvalue weighted by atomic mass is 32.1. The summed E-state index contributed by atoms with van der Waals surface area (Å²) in [6.45, 7) is 5.06. The van der Waals surface area contributed by atoms with Crippen molar-refractivity contribution in [3.05, 3.63) is 41.0 Å². The molecule has 2 aliphatic heterocycles. The highest BCUT2D eigenvalue weighted by molar-refractivity contribution is 7.18. The summed E-state index contributed by atoms with van der Waals surface area (Å²) in [5.74, 6) is 1.11. The fourth-order valence-corrected chi connectivity index (χ4v) is 6.94. The van der Waals surface area contributed by atoms with Gasteiger partial charge in [-0.05, 0) is 57.8 Å². The largest absolute Gasteiger partial charge is 0.390 e. The van der Waals surface area contributed by atoms with Gasteiger partial charge in [0.05, 0.1) is 21.3 Å². The first-order chi connectivity index (χ1) is 15.1. The summed E-state index contributed by atoms with van der Waals surface area (Å²) in [6.07, 6.45) is 8.58. The Kier molecular flexibility index (Phi) is 6.13. The number of aliphatic hydroxyl groups excluding tert-OH is 1. The number of fused-ring (bicyclic) bond motifs is 2. The fourth-order valence-electron chi connectivity index (χ4n) is 5.81. The number of nitrogens with zero attached hydrogens (tertiary/aromatic N) is 3. The van der Waals surface area contributed by atoms with Crippen molar-refractivity contribution in [1.82, 2.24) is 14.8 Å². The van der Waals surface area contributed by atoms with E-state index in [9.17, 15) is 9.90 Å². The van der Waals surface area contributed by atoms with Crippen molar-refractivity contribution in [3.63, 3.8) is 0 Å². The molecule has 2 unspecified atom stereocenters. The van der Waals surface area contributed by atoms with Crippen molar-refractivity contribution in [2.24, 2.45) is 5.92 Å². The van der Waals surface area contributed by atoms with Gasteiger partial charge in [0.15, 0.2) is 5.78 Å². The Morgan fingerprint density at radius 2 is 1.94 bits per heavy atom. The lowest BCUT2D eigenvalue weighted by atomic mass is 9.81. The molecule has 1 aromatic heterocycles. The van der Waals surface area contributed by atoms with E-state index in [1.807, 2.05) is 11.3 Å². The van der Waals surface area contributed by atoms with E-state index < -0.39 is 0 Å². The molecule has 0 bridgehead atoms. The van der Waals surface area contributed by atoms with Crippen LogP contribution in [0.2, 0.25) is 0 Å². The van der Waals surface area contributed by atoms with Gasteiger partial charge < -0.3 is 14.9 Å². The zero-order valence-corrected chi connectivity index (χ0v) is 19.2. The van der Waals surface area contributed by atoms with Crippen LogP contribution in [0.25, 0.3) is 10.2 Å². The molecular formula is C25H33N3O2S. The first-order valence-corrected chi connectivity index (χ1v) is 12.6. The van der Waals surface area contributed by atoms with Gasteiger partial charge in [-0.25, -0.2) is 4.98 Å². The molecule has 6 heteroatoms. The Labute approximate surface area is 188 Å². The Balaban J connectivity index is 1.15. The second-order valence-corrected chi connectivity index (χ2v) is 10.6. The smallest absolute Gasteiger partial charge is 0.157 e. The molecule has 166 valence electrons. The van der Waals surface area contributed by atoms with E-state index in [1.54, 1.807) is 6.92 Å². The summed E-state index contributed by atoms with van der Waals surface area (Å²) in [4.78, 5) is 21.6. The van der Waals surface area contributed by atoms with Gasteiger partial charge in [0.25, 0.3) is 0 Å². The normalized spacial score (nSPS) is 26.1. The van der Waals surface area contributed by atoms with Crippen LogP contribution < -0.4 is 0 Å². The van der Waals surface area contributed by atoms with Crippen LogP contribution in [0.4, 0.5) is 0 Å². The number of rotatable bonds is 6. The van der Waals surface area contributed by atoms with Crippen LogP contribution >= 0.6 is 11.3 Å². The number of hydrogen-bond acceptors (Lipinski definition) is 6. The first kappa shape index (κ1) is 21.1. The molecule has 1 N–H and O–H groups in total. The van der Waals surface area contributed by atoms with Crippen LogP contribution in [0.5, 0.6) is 0 Å². The monoisotopic (exact) mass is 439 g/mol. The number of para-hydroxylation sites is 1. The Hall–Kier alpha value is -1.76. The number of aromatic nitrogens is 1. The summed E-state index contributed by atoms with van der Waals surface area (Å²) >= 11 is 1.83. The number of ketones is 1. The Bertz CT molecular complexity index is 930. The minimum absolute atomic E-state index is 0.200. The topological polar surface area (TPSA) is 56.7 Å². The number of likely N-dealkylation sites (tertiary alicyclic amines) is 1. The van der Waals surface area contributed by atoms with Crippen LogP contribution in [0.15, 0.2) is 36.0 Å². The number of carbonyl (C=O) groups is 1. The summed E-state index contributed by atoms with van der Waals surface area (Å²) in [5, 5.41) is 12.1. The first-order valence-electron chi connectivity index (χ1n) is 11.8. The number of thiazole rings is 1. The van der Waals surface area contributed by atoms with Gasteiger partial charge in [0, 0.05) is 42.7 Å². The molecule has 5 nitrogen and oxygen atoms in total. The maximum absolute atomic E-state index is 12.1. The van der Waals surface area contributed by atoms with Crippen LogP contribution in [0, 0.1) is 5.92 Å². The van der Waals surface area contributed by atoms with Gasteiger partial charge in [-0.1, -0.05) is 25.0 Å². The number of hydrogen-bond donors (Lipinski definition) is 1. The third kappa shape index (κ3) is 4.43. The molecule has 5 rings (SSSR count). The van der Waals surface area contributed by atoms with Crippen LogP contribution in [-0.4, -0.2) is 64.0 Å². The van der Waals surface area contributed by atoms with E-state index in [2.05, 4.69) is 40.3 Å². The maximum Gasteiger partial charge on any atom is 0.157 e. The van der Waals surface area contributed by atoms with Gasteiger partial charge in [-0.2, -0.15) is 0 Å². The van der Waals surface area contributed by atoms with Crippen molar-refractivity contribution in [1.29, 1.82) is 0 Å². The lowest BCUT2D eigenvalue weighted by molar-refractivity contribution is -0.114. The highest BCUT2D eigenvalue weighted by Gasteiger charge is 2.39. The molecule has 2 fully saturated rings. The van der Waals surface area contributed by atoms with Crippen molar-refractivity contribution in [2.45, 2.75) is 63.5 Å². The molecule has 3 atom stereocenters. The Morgan fingerprint density at radius 1 is 1.16 bits per heavy atom. The van der Waals surface area contributed by atoms with Crippen molar-refractivity contribution >= 4 is 27.3 Å². The molecule has 1 aliphatic carbocycles. The van der Waals surface area contributed by atoms with E-state index in [0.717, 1.165) is 49.9 Å². The van der Waals surface area contributed by atoms with Gasteiger partial charge in [-0.3, -0.25) is 4.79 Å². The number of benzene rings is 1. The highest BCUT2D eigenvalue weighted by Crippen LogP contribution is 2.39. The summed E-state index contributed by atoms with van der Waals surface area (Å²) in [5.41, 5.74) is 2.10. The average molecular weight is 440 g/mol. The molecule has 1 saturated heterocycles. The second-order valence-electron chi connectivity index (χ2n) is 9.54. The molecule has 3 heterocycles.